The number of carbonyl (C=O) groups excluding carboxylic acids is 1. The van der Waals surface area contributed by atoms with Gasteiger partial charge < -0.3 is 15.3 Å². The summed E-state index contributed by atoms with van der Waals surface area (Å²) in [6.07, 6.45) is 5.05. The van der Waals surface area contributed by atoms with Crippen molar-refractivity contribution < 1.29 is 9.90 Å². The average Bonchev–Trinajstić information content (AvgIpc) is 2.76. The number of hydrogen-bond acceptors (Lipinski definition) is 3. The molecule has 2 rings (SSSR count). The van der Waals surface area contributed by atoms with Crippen molar-refractivity contribution in [2.24, 2.45) is 5.92 Å². The van der Waals surface area contributed by atoms with Gasteiger partial charge in [0.2, 0.25) is 5.91 Å². The van der Waals surface area contributed by atoms with Gasteiger partial charge in [-0.25, -0.2) is 0 Å². The first kappa shape index (κ1) is 15.7. The number of piperidine rings is 1. The minimum atomic E-state index is -0.347. The van der Waals surface area contributed by atoms with E-state index in [1.54, 1.807) is 0 Å². The Morgan fingerprint density at radius 3 is 2.89 bits per heavy atom. The van der Waals surface area contributed by atoms with Crippen LogP contribution in [0.1, 0.15) is 39.0 Å². The number of hydrogen-bond donors (Lipinski definition) is 2. The molecule has 0 aromatic heterocycles. The molecule has 0 bridgehead atoms. The summed E-state index contributed by atoms with van der Waals surface area (Å²) in [6.45, 7) is 4.58. The normalized spacial score (nSPS) is 32.1. The van der Waals surface area contributed by atoms with Crippen LogP contribution in [0.15, 0.2) is 0 Å². The number of aliphatic hydroxyl groups excluding tert-OH is 1. The highest BCUT2D eigenvalue weighted by Crippen LogP contribution is 2.22. The Bertz CT molecular complexity index is 274. The van der Waals surface area contributed by atoms with Gasteiger partial charge in [-0.05, 0) is 31.6 Å². The van der Waals surface area contributed by atoms with Gasteiger partial charge in [0.05, 0.1) is 12.1 Å². The van der Waals surface area contributed by atoms with Crippen molar-refractivity contribution in [3.05, 3.63) is 0 Å². The maximum atomic E-state index is 12.2. The molecule has 2 heterocycles. The lowest BCUT2D eigenvalue weighted by molar-refractivity contribution is -0.135. The van der Waals surface area contributed by atoms with Gasteiger partial charge in [-0.3, -0.25) is 4.79 Å². The molecule has 0 aliphatic carbocycles. The van der Waals surface area contributed by atoms with Crippen molar-refractivity contribution in [2.75, 3.05) is 19.6 Å². The van der Waals surface area contributed by atoms with Gasteiger partial charge in [-0.15, -0.1) is 12.4 Å². The smallest absolute Gasteiger partial charge is 0.239 e. The number of rotatable bonds is 3. The summed E-state index contributed by atoms with van der Waals surface area (Å²) >= 11 is 0. The summed E-state index contributed by atoms with van der Waals surface area (Å²) < 4.78 is 0. The molecule has 0 aromatic carbocycles. The number of β-amino-alcohol motifs (C(OH)–C–C–N with tert-alkyl or cyclic N) is 1. The van der Waals surface area contributed by atoms with E-state index in [0.29, 0.717) is 18.9 Å². The molecular formula is C13H25ClN2O2. The SMILES string of the molecule is CCCC1CCCN(C(=O)C2CC(O)CN2)C1.Cl. The topological polar surface area (TPSA) is 52.6 Å². The molecule has 18 heavy (non-hydrogen) atoms. The molecule has 0 aromatic rings. The van der Waals surface area contributed by atoms with E-state index in [9.17, 15) is 9.90 Å². The van der Waals surface area contributed by atoms with Crippen LogP contribution in [0.5, 0.6) is 0 Å². The predicted molar refractivity (Wildman–Crippen MR) is 73.9 cm³/mol. The van der Waals surface area contributed by atoms with Crippen molar-refractivity contribution in [1.82, 2.24) is 10.2 Å². The van der Waals surface area contributed by atoms with E-state index in [2.05, 4.69) is 12.2 Å². The summed E-state index contributed by atoms with van der Waals surface area (Å²) in [5.74, 6) is 0.881. The Hall–Kier alpha value is -0.320. The Morgan fingerprint density at radius 2 is 2.28 bits per heavy atom. The lowest BCUT2D eigenvalue weighted by Crippen LogP contribution is -2.47. The van der Waals surface area contributed by atoms with Gasteiger partial charge in [-0.1, -0.05) is 13.3 Å². The molecule has 1 amide bonds. The molecule has 106 valence electrons. The third-order valence-corrected chi connectivity index (χ3v) is 3.93. The molecule has 2 fully saturated rings. The minimum Gasteiger partial charge on any atom is -0.392 e. The summed E-state index contributed by atoms with van der Waals surface area (Å²) in [5.41, 5.74) is 0. The van der Waals surface area contributed by atoms with E-state index in [4.69, 9.17) is 0 Å². The van der Waals surface area contributed by atoms with Crippen LogP contribution in [0.25, 0.3) is 0 Å². The monoisotopic (exact) mass is 276 g/mol. The number of likely N-dealkylation sites (tertiary alicyclic amines) is 1. The fraction of sp³-hybridized carbons (Fsp3) is 0.923. The van der Waals surface area contributed by atoms with Crippen LogP contribution in [0.4, 0.5) is 0 Å². The first-order valence-electron chi connectivity index (χ1n) is 6.91. The lowest BCUT2D eigenvalue weighted by Gasteiger charge is -2.34. The van der Waals surface area contributed by atoms with Gasteiger partial charge in [0, 0.05) is 19.6 Å². The minimum absolute atomic E-state index is 0. The molecule has 0 saturated carbocycles. The highest BCUT2D eigenvalue weighted by Gasteiger charge is 2.33. The molecule has 2 aliphatic heterocycles. The molecule has 2 saturated heterocycles. The fourth-order valence-corrected chi connectivity index (χ4v) is 3.03. The van der Waals surface area contributed by atoms with Crippen molar-refractivity contribution >= 4 is 18.3 Å². The second-order valence-corrected chi connectivity index (χ2v) is 5.43. The van der Waals surface area contributed by atoms with Crippen molar-refractivity contribution in [2.45, 2.75) is 51.2 Å². The summed E-state index contributed by atoms with van der Waals surface area (Å²) in [5, 5.41) is 12.6. The van der Waals surface area contributed by atoms with Crippen LogP contribution in [0.2, 0.25) is 0 Å². The number of aliphatic hydroxyl groups is 1. The molecule has 0 radical (unpaired) electrons. The number of carbonyl (C=O) groups is 1. The first-order valence-corrected chi connectivity index (χ1v) is 6.91. The lowest BCUT2D eigenvalue weighted by atomic mass is 9.93. The van der Waals surface area contributed by atoms with Crippen LogP contribution in [0, 0.1) is 5.92 Å². The molecule has 0 spiro atoms. The van der Waals surface area contributed by atoms with Crippen molar-refractivity contribution in [1.29, 1.82) is 0 Å². The number of nitrogens with zero attached hydrogens (tertiary/aromatic N) is 1. The second-order valence-electron chi connectivity index (χ2n) is 5.43. The summed E-state index contributed by atoms with van der Waals surface area (Å²) in [7, 11) is 0. The molecule has 2 aliphatic rings. The Kier molecular flexibility index (Phi) is 6.39. The Morgan fingerprint density at radius 1 is 1.50 bits per heavy atom. The zero-order chi connectivity index (χ0) is 12.3. The van der Waals surface area contributed by atoms with Gasteiger partial charge >= 0.3 is 0 Å². The summed E-state index contributed by atoms with van der Waals surface area (Å²) in [4.78, 5) is 14.2. The van der Waals surface area contributed by atoms with Crippen LogP contribution < -0.4 is 5.32 Å². The van der Waals surface area contributed by atoms with E-state index in [1.165, 1.54) is 19.3 Å². The largest absolute Gasteiger partial charge is 0.392 e. The first-order chi connectivity index (χ1) is 8.20. The molecular weight excluding hydrogens is 252 g/mol. The third-order valence-electron chi connectivity index (χ3n) is 3.93. The van der Waals surface area contributed by atoms with Gasteiger partial charge in [0.1, 0.15) is 0 Å². The molecule has 2 N–H and O–H groups in total. The molecule has 3 atom stereocenters. The van der Waals surface area contributed by atoms with E-state index in [1.807, 2.05) is 4.90 Å². The van der Waals surface area contributed by atoms with Gasteiger partial charge in [0.25, 0.3) is 0 Å². The average molecular weight is 277 g/mol. The summed E-state index contributed by atoms with van der Waals surface area (Å²) in [6, 6.07) is -0.148. The maximum Gasteiger partial charge on any atom is 0.239 e. The third kappa shape index (κ3) is 3.84. The van der Waals surface area contributed by atoms with Gasteiger partial charge in [-0.2, -0.15) is 0 Å². The van der Waals surface area contributed by atoms with Crippen LogP contribution in [0.3, 0.4) is 0 Å². The second kappa shape index (κ2) is 7.31. The highest BCUT2D eigenvalue weighted by molar-refractivity contribution is 5.85. The van der Waals surface area contributed by atoms with E-state index < -0.39 is 0 Å². The molecule has 3 unspecified atom stereocenters. The molecule has 5 heteroatoms. The quantitative estimate of drug-likeness (QED) is 0.814. The Labute approximate surface area is 116 Å². The van der Waals surface area contributed by atoms with E-state index in [0.717, 1.165) is 19.5 Å². The predicted octanol–water partition coefficient (Wildman–Crippen LogP) is 1.17. The van der Waals surface area contributed by atoms with Gasteiger partial charge in [0.15, 0.2) is 0 Å². The van der Waals surface area contributed by atoms with E-state index in [-0.39, 0.29) is 30.5 Å². The van der Waals surface area contributed by atoms with Crippen LogP contribution in [-0.4, -0.2) is 47.7 Å². The van der Waals surface area contributed by atoms with E-state index >= 15 is 0 Å². The zero-order valence-corrected chi connectivity index (χ0v) is 11.9. The number of nitrogens with one attached hydrogen (secondary N) is 1. The Balaban J connectivity index is 0.00000162. The fourth-order valence-electron chi connectivity index (χ4n) is 3.03. The van der Waals surface area contributed by atoms with Crippen LogP contribution in [-0.2, 0) is 4.79 Å². The van der Waals surface area contributed by atoms with Crippen LogP contribution >= 0.6 is 12.4 Å². The number of amides is 1. The maximum absolute atomic E-state index is 12.2. The highest BCUT2D eigenvalue weighted by atomic mass is 35.5. The standard InChI is InChI=1S/C13H24N2O2.ClH/c1-2-4-10-5-3-6-15(9-10)13(17)12-7-11(16)8-14-12;/h10-12,14,16H,2-9H2,1H3;1H. The zero-order valence-electron chi connectivity index (χ0n) is 11.1. The van der Waals surface area contributed by atoms with Crippen molar-refractivity contribution in [3.8, 4) is 0 Å². The van der Waals surface area contributed by atoms with Crippen molar-refractivity contribution in [3.63, 3.8) is 0 Å². The molecule has 4 nitrogen and oxygen atoms in total. The number of halogens is 1.